The van der Waals surface area contributed by atoms with Gasteiger partial charge in [0.05, 0.1) is 5.71 Å². The van der Waals surface area contributed by atoms with Crippen molar-refractivity contribution < 1.29 is 5.11 Å². The second-order valence-electron chi connectivity index (χ2n) is 7.04. The summed E-state index contributed by atoms with van der Waals surface area (Å²) >= 11 is 0. The molecular formula is C21H27N3O3. The zero-order valence-electron chi connectivity index (χ0n) is 15.8. The predicted octanol–water partition coefficient (Wildman–Crippen LogP) is 3.19. The first-order valence-electron chi connectivity index (χ1n) is 9.77. The van der Waals surface area contributed by atoms with Gasteiger partial charge in [-0.05, 0) is 31.2 Å². The molecule has 0 atom stereocenters. The van der Waals surface area contributed by atoms with Crippen LogP contribution in [0.2, 0.25) is 0 Å². The van der Waals surface area contributed by atoms with E-state index < -0.39 is 11.2 Å². The Hall–Kier alpha value is -2.63. The van der Waals surface area contributed by atoms with Crippen molar-refractivity contribution in [1.82, 2.24) is 9.55 Å². The lowest BCUT2D eigenvalue weighted by Gasteiger charge is -2.25. The number of hydrogen-bond donors (Lipinski definition) is 2. The number of aliphatic imine (C=N–C) groups is 1. The largest absolute Gasteiger partial charge is 0.494 e. The molecule has 0 spiro atoms. The predicted molar refractivity (Wildman–Crippen MR) is 107 cm³/mol. The number of nitrogens with zero attached hydrogens (tertiary/aromatic N) is 2. The Morgan fingerprint density at radius 1 is 1.19 bits per heavy atom. The van der Waals surface area contributed by atoms with Gasteiger partial charge in [-0.3, -0.25) is 19.3 Å². The molecule has 3 rings (SSSR count). The fourth-order valence-corrected chi connectivity index (χ4v) is 3.81. The fourth-order valence-electron chi connectivity index (χ4n) is 3.81. The average Bonchev–Trinajstić information content (AvgIpc) is 2.68. The molecular weight excluding hydrogens is 342 g/mol. The summed E-state index contributed by atoms with van der Waals surface area (Å²) in [6.45, 7) is 2.42. The lowest BCUT2D eigenvalue weighted by Crippen LogP contribution is -2.36. The van der Waals surface area contributed by atoms with Crippen molar-refractivity contribution >= 4 is 5.71 Å². The van der Waals surface area contributed by atoms with Crippen molar-refractivity contribution in [3.8, 4) is 5.88 Å². The number of aromatic amines is 1. The molecule has 1 heterocycles. The van der Waals surface area contributed by atoms with Crippen LogP contribution in [0.15, 0.2) is 44.9 Å². The number of aromatic nitrogens is 2. The Morgan fingerprint density at radius 3 is 2.56 bits per heavy atom. The molecule has 0 radical (unpaired) electrons. The summed E-state index contributed by atoms with van der Waals surface area (Å²) in [7, 11) is 0. The van der Waals surface area contributed by atoms with Crippen LogP contribution in [0.4, 0.5) is 0 Å². The summed E-state index contributed by atoms with van der Waals surface area (Å²) in [5.41, 5.74) is 0.741. The Labute approximate surface area is 158 Å². The zero-order valence-corrected chi connectivity index (χ0v) is 15.8. The third-order valence-electron chi connectivity index (χ3n) is 5.23. The van der Waals surface area contributed by atoms with Gasteiger partial charge in [-0.2, -0.15) is 0 Å². The quantitative estimate of drug-likeness (QED) is 0.767. The molecule has 0 unspecified atom stereocenters. The highest BCUT2D eigenvalue weighted by molar-refractivity contribution is 6.01. The van der Waals surface area contributed by atoms with E-state index in [1.165, 1.54) is 10.1 Å². The summed E-state index contributed by atoms with van der Waals surface area (Å²) in [6, 6.07) is 9.94. The van der Waals surface area contributed by atoms with Gasteiger partial charge in [0.25, 0.3) is 5.56 Å². The fraction of sp³-hybridized carbons (Fsp3) is 0.476. The van der Waals surface area contributed by atoms with E-state index in [2.05, 4.69) is 9.98 Å². The van der Waals surface area contributed by atoms with Gasteiger partial charge in [-0.15, -0.1) is 0 Å². The maximum Gasteiger partial charge on any atom is 0.331 e. The van der Waals surface area contributed by atoms with Gasteiger partial charge in [0.15, 0.2) is 0 Å². The molecule has 1 aromatic heterocycles. The summed E-state index contributed by atoms with van der Waals surface area (Å²) in [5.74, 6) is -0.240. The smallest absolute Gasteiger partial charge is 0.331 e. The third kappa shape index (κ3) is 4.38. The molecule has 2 aromatic rings. The maximum atomic E-state index is 12.4. The summed E-state index contributed by atoms with van der Waals surface area (Å²) in [5, 5.41) is 10.8. The van der Waals surface area contributed by atoms with E-state index in [0.717, 1.165) is 38.5 Å². The van der Waals surface area contributed by atoms with E-state index in [-0.39, 0.29) is 17.5 Å². The van der Waals surface area contributed by atoms with E-state index in [1.807, 2.05) is 37.3 Å². The zero-order chi connectivity index (χ0) is 19.2. The highest BCUT2D eigenvalue weighted by atomic mass is 16.3. The van der Waals surface area contributed by atoms with Gasteiger partial charge in [-0.25, -0.2) is 4.79 Å². The van der Waals surface area contributed by atoms with Crippen molar-refractivity contribution in [2.24, 2.45) is 4.99 Å². The van der Waals surface area contributed by atoms with E-state index in [0.29, 0.717) is 18.7 Å². The molecule has 0 saturated heterocycles. The van der Waals surface area contributed by atoms with Gasteiger partial charge in [0.2, 0.25) is 5.88 Å². The van der Waals surface area contributed by atoms with Gasteiger partial charge in [0.1, 0.15) is 5.56 Å². The molecule has 144 valence electrons. The highest BCUT2D eigenvalue weighted by Crippen LogP contribution is 2.30. The number of aromatic hydroxyl groups is 1. The third-order valence-corrected chi connectivity index (χ3v) is 5.23. The van der Waals surface area contributed by atoms with Crippen LogP contribution in [0.3, 0.4) is 0 Å². The highest BCUT2D eigenvalue weighted by Gasteiger charge is 2.24. The number of hydrogen-bond acceptors (Lipinski definition) is 4. The minimum atomic E-state index is -0.565. The molecule has 0 amide bonds. The number of benzene rings is 1. The molecule has 6 nitrogen and oxygen atoms in total. The first kappa shape index (κ1) is 19.1. The normalized spacial score (nSPS) is 15.8. The van der Waals surface area contributed by atoms with Crippen LogP contribution in [0.5, 0.6) is 5.88 Å². The second-order valence-corrected chi connectivity index (χ2v) is 7.04. The number of nitrogens with one attached hydrogen (secondary N) is 1. The van der Waals surface area contributed by atoms with Crippen molar-refractivity contribution in [2.45, 2.75) is 57.9 Å². The average molecular weight is 369 g/mol. The monoisotopic (exact) mass is 369 g/mol. The van der Waals surface area contributed by atoms with Gasteiger partial charge in [-0.1, -0.05) is 56.5 Å². The van der Waals surface area contributed by atoms with Gasteiger partial charge >= 0.3 is 5.69 Å². The summed E-state index contributed by atoms with van der Waals surface area (Å²) in [4.78, 5) is 31.7. The van der Waals surface area contributed by atoms with Crippen LogP contribution in [-0.4, -0.2) is 26.9 Å². The number of H-pyrrole nitrogens is 1. The van der Waals surface area contributed by atoms with Gasteiger partial charge < -0.3 is 5.11 Å². The Balaban J connectivity index is 1.92. The van der Waals surface area contributed by atoms with E-state index in [1.54, 1.807) is 0 Å². The first-order chi connectivity index (χ1) is 13.1. The molecule has 27 heavy (non-hydrogen) atoms. The van der Waals surface area contributed by atoms with Crippen molar-refractivity contribution in [2.75, 3.05) is 6.54 Å². The molecule has 1 saturated carbocycles. The molecule has 1 aliphatic carbocycles. The van der Waals surface area contributed by atoms with Crippen LogP contribution < -0.4 is 11.2 Å². The standard InChI is InChI=1S/C21H27N3O3/c1-2-17(22-14-13-15-9-5-3-6-10-15)18-19(25)23-21(27)24(20(18)26)16-11-7-4-8-12-16/h3,5-6,9-10,16,26H,2,4,7-8,11-14H2,1H3,(H,23,25,27). The van der Waals surface area contributed by atoms with Crippen LogP contribution in [0, 0.1) is 0 Å². The van der Waals surface area contributed by atoms with Crippen molar-refractivity contribution in [3.05, 3.63) is 62.3 Å². The van der Waals surface area contributed by atoms with E-state index in [4.69, 9.17) is 0 Å². The first-order valence-corrected chi connectivity index (χ1v) is 9.77. The lowest BCUT2D eigenvalue weighted by atomic mass is 9.95. The molecule has 1 aromatic carbocycles. The summed E-state index contributed by atoms with van der Waals surface area (Å²) < 4.78 is 1.36. The lowest BCUT2D eigenvalue weighted by molar-refractivity contribution is 0.298. The molecule has 2 N–H and O–H groups in total. The SMILES string of the molecule is CCC(=NCCc1ccccc1)c1c(O)n(C2CCCCC2)c(=O)[nH]c1=O. The van der Waals surface area contributed by atoms with Crippen molar-refractivity contribution in [1.29, 1.82) is 0 Å². The molecule has 1 aliphatic rings. The van der Waals surface area contributed by atoms with E-state index in [9.17, 15) is 14.7 Å². The Kier molecular flexibility index (Phi) is 6.27. The second kappa shape index (κ2) is 8.84. The summed E-state index contributed by atoms with van der Waals surface area (Å²) in [6.07, 6.45) is 6.13. The molecule has 0 aliphatic heterocycles. The Morgan fingerprint density at radius 2 is 1.89 bits per heavy atom. The van der Waals surface area contributed by atoms with E-state index >= 15 is 0 Å². The number of rotatable bonds is 6. The van der Waals surface area contributed by atoms with Crippen LogP contribution >= 0.6 is 0 Å². The Bertz CT molecular complexity index is 907. The molecule has 6 heteroatoms. The topological polar surface area (TPSA) is 87.4 Å². The minimum Gasteiger partial charge on any atom is -0.494 e. The van der Waals surface area contributed by atoms with Crippen molar-refractivity contribution in [3.63, 3.8) is 0 Å². The van der Waals surface area contributed by atoms with Crippen LogP contribution in [-0.2, 0) is 6.42 Å². The maximum absolute atomic E-state index is 12.4. The van der Waals surface area contributed by atoms with Crippen LogP contribution in [0.1, 0.15) is 62.6 Å². The molecule has 0 bridgehead atoms. The minimum absolute atomic E-state index is 0.0655. The van der Waals surface area contributed by atoms with Crippen LogP contribution in [0.25, 0.3) is 0 Å². The van der Waals surface area contributed by atoms with Gasteiger partial charge in [0, 0.05) is 12.6 Å². The molecule has 1 fully saturated rings.